The summed E-state index contributed by atoms with van der Waals surface area (Å²) >= 11 is 2.50. The third-order valence-electron chi connectivity index (χ3n) is 6.01. The first-order valence-corrected chi connectivity index (χ1v) is 13.9. The van der Waals surface area contributed by atoms with Gasteiger partial charge in [0.2, 0.25) is 0 Å². The van der Waals surface area contributed by atoms with E-state index in [0.29, 0.717) is 21.6 Å². The van der Waals surface area contributed by atoms with E-state index in [-0.39, 0.29) is 22.8 Å². The molecule has 2 aromatic carbocycles. The molecule has 0 atom stereocenters. The van der Waals surface area contributed by atoms with Crippen molar-refractivity contribution in [3.05, 3.63) is 104 Å². The van der Waals surface area contributed by atoms with Crippen molar-refractivity contribution in [1.29, 1.82) is 0 Å². The Morgan fingerprint density at radius 3 is 1.76 bits per heavy atom. The van der Waals surface area contributed by atoms with Crippen molar-refractivity contribution in [3.8, 4) is 16.9 Å². The zero-order chi connectivity index (χ0) is 26.8. The fourth-order valence-electron chi connectivity index (χ4n) is 4.30. The Balaban J connectivity index is 1.88. The van der Waals surface area contributed by atoms with Gasteiger partial charge in [-0.1, -0.05) is 72.1 Å². The molecule has 0 aliphatic heterocycles. The van der Waals surface area contributed by atoms with Crippen LogP contribution in [-0.4, -0.2) is 42.2 Å². The van der Waals surface area contributed by atoms with E-state index in [1.807, 2.05) is 60.7 Å². The van der Waals surface area contributed by atoms with Gasteiger partial charge in [-0.2, -0.15) is 5.10 Å². The molecule has 0 aliphatic carbocycles. The van der Waals surface area contributed by atoms with Gasteiger partial charge in [0, 0.05) is 17.3 Å². The number of hydrogen-bond acceptors (Lipinski definition) is 9. The maximum atomic E-state index is 13.5. The largest absolute Gasteiger partial charge is 0.383 e. The Morgan fingerprint density at radius 1 is 0.789 bits per heavy atom. The molecule has 192 valence electrons. The molecule has 10 nitrogen and oxygen atoms in total. The van der Waals surface area contributed by atoms with Crippen LogP contribution in [0.4, 0.5) is 11.6 Å². The molecule has 38 heavy (non-hydrogen) atoms. The van der Waals surface area contributed by atoms with Gasteiger partial charge in [0.25, 0.3) is 11.1 Å². The molecule has 3 heterocycles. The highest BCUT2D eigenvalue weighted by Gasteiger charge is 2.33. The summed E-state index contributed by atoms with van der Waals surface area (Å²) in [5.41, 5.74) is 14.7. The SMILES string of the molecule is CSc1nc(N)c(C(c2cn(-c3ccccc3)nc2-c2ccccc2)c2c(N)nc(SC)[nH]c2=O)c(=O)[nH]1. The summed E-state index contributed by atoms with van der Waals surface area (Å²) in [6.07, 6.45) is 5.34. The van der Waals surface area contributed by atoms with E-state index in [2.05, 4.69) is 19.9 Å². The molecule has 0 saturated heterocycles. The first-order valence-electron chi connectivity index (χ1n) is 11.5. The van der Waals surface area contributed by atoms with E-state index in [1.165, 1.54) is 23.5 Å². The van der Waals surface area contributed by atoms with Crippen LogP contribution in [0.25, 0.3) is 16.9 Å². The fourth-order valence-corrected chi connectivity index (χ4v) is 5.06. The van der Waals surface area contributed by atoms with E-state index >= 15 is 0 Å². The smallest absolute Gasteiger partial charge is 0.257 e. The molecule has 0 aliphatic rings. The number of nitrogens with one attached hydrogen (secondary N) is 2. The van der Waals surface area contributed by atoms with Gasteiger partial charge in [0.1, 0.15) is 11.6 Å². The van der Waals surface area contributed by atoms with Crippen molar-refractivity contribution in [3.63, 3.8) is 0 Å². The van der Waals surface area contributed by atoms with Crippen molar-refractivity contribution in [2.75, 3.05) is 24.0 Å². The van der Waals surface area contributed by atoms with Gasteiger partial charge < -0.3 is 21.4 Å². The lowest BCUT2D eigenvalue weighted by molar-refractivity contribution is 0.830. The van der Waals surface area contributed by atoms with E-state index in [4.69, 9.17) is 16.6 Å². The van der Waals surface area contributed by atoms with Gasteiger partial charge in [-0.15, -0.1) is 0 Å². The highest BCUT2D eigenvalue weighted by molar-refractivity contribution is 7.98. The molecule has 6 N–H and O–H groups in total. The van der Waals surface area contributed by atoms with E-state index in [9.17, 15) is 9.59 Å². The van der Waals surface area contributed by atoms with Crippen LogP contribution >= 0.6 is 23.5 Å². The van der Waals surface area contributed by atoms with Gasteiger partial charge in [-0.3, -0.25) is 9.59 Å². The van der Waals surface area contributed by atoms with Crippen molar-refractivity contribution < 1.29 is 0 Å². The third kappa shape index (κ3) is 4.71. The summed E-state index contributed by atoms with van der Waals surface area (Å²) in [4.78, 5) is 41.2. The Bertz CT molecular complexity index is 1650. The number of aromatic amines is 2. The number of rotatable bonds is 7. The number of nitrogen functional groups attached to an aromatic ring is 2. The average molecular weight is 545 g/mol. The molecular formula is C26H24N8O2S2. The van der Waals surface area contributed by atoms with Crippen molar-refractivity contribution in [2.24, 2.45) is 0 Å². The second-order valence-corrected chi connectivity index (χ2v) is 9.85. The minimum absolute atomic E-state index is 0.0117. The minimum Gasteiger partial charge on any atom is -0.383 e. The normalized spacial score (nSPS) is 11.2. The van der Waals surface area contributed by atoms with Crippen LogP contribution in [0.3, 0.4) is 0 Å². The predicted molar refractivity (Wildman–Crippen MR) is 152 cm³/mol. The second kappa shape index (κ2) is 10.6. The maximum Gasteiger partial charge on any atom is 0.257 e. The summed E-state index contributed by atoms with van der Waals surface area (Å²) in [5, 5.41) is 5.59. The third-order valence-corrected chi connectivity index (χ3v) is 7.17. The molecule has 12 heteroatoms. The standard InChI is InChI=1S/C26H24N8O2S2/c1-37-25-29-21(27)18(23(35)31-25)17(19-22(28)30-26(38-2)32-24(19)36)16-13-34(15-11-7-4-8-12-15)33-20(16)14-9-5-3-6-10-14/h3-13,17H,1-2H3,(H3,27,29,31,35)(H3,28,30,32,36). The minimum atomic E-state index is -1.01. The molecular weight excluding hydrogens is 520 g/mol. The summed E-state index contributed by atoms with van der Waals surface area (Å²) < 4.78 is 1.70. The number of aromatic nitrogens is 6. The van der Waals surface area contributed by atoms with Crippen molar-refractivity contribution in [1.82, 2.24) is 29.7 Å². The van der Waals surface area contributed by atoms with E-state index in [0.717, 1.165) is 11.3 Å². The van der Waals surface area contributed by atoms with E-state index in [1.54, 1.807) is 23.4 Å². The predicted octanol–water partition coefficient (Wildman–Crippen LogP) is 3.49. The van der Waals surface area contributed by atoms with Crippen LogP contribution in [0, 0.1) is 0 Å². The van der Waals surface area contributed by atoms with Crippen LogP contribution in [0.1, 0.15) is 22.6 Å². The lowest BCUT2D eigenvalue weighted by atomic mass is 9.85. The number of nitrogens with zero attached hydrogens (tertiary/aromatic N) is 4. The average Bonchev–Trinajstić information content (AvgIpc) is 3.37. The summed E-state index contributed by atoms with van der Waals surface area (Å²) in [6, 6.07) is 19.0. The highest BCUT2D eigenvalue weighted by Crippen LogP contribution is 2.39. The van der Waals surface area contributed by atoms with Crippen molar-refractivity contribution >= 4 is 35.2 Å². The molecule has 5 rings (SSSR count). The molecule has 0 amide bonds. The van der Waals surface area contributed by atoms with Gasteiger partial charge in [-0.25, -0.2) is 14.6 Å². The Kier molecular flexibility index (Phi) is 7.07. The van der Waals surface area contributed by atoms with Gasteiger partial charge in [0.05, 0.1) is 28.4 Å². The lowest BCUT2D eigenvalue weighted by Crippen LogP contribution is -2.28. The second-order valence-electron chi connectivity index (χ2n) is 8.26. The first kappa shape index (κ1) is 25.4. The van der Waals surface area contributed by atoms with Crippen LogP contribution in [0.2, 0.25) is 0 Å². The van der Waals surface area contributed by atoms with Crippen molar-refractivity contribution in [2.45, 2.75) is 16.2 Å². The van der Waals surface area contributed by atoms with Crippen LogP contribution in [0.5, 0.6) is 0 Å². The molecule has 0 spiro atoms. The van der Waals surface area contributed by atoms with Gasteiger partial charge >= 0.3 is 0 Å². The number of thioether (sulfide) groups is 2. The first-order chi connectivity index (χ1) is 18.4. The summed E-state index contributed by atoms with van der Waals surface area (Å²) in [6.45, 7) is 0. The lowest BCUT2D eigenvalue weighted by Gasteiger charge is -2.19. The number of benzene rings is 2. The molecule has 0 saturated carbocycles. The quantitative estimate of drug-likeness (QED) is 0.177. The highest BCUT2D eigenvalue weighted by atomic mass is 32.2. The Labute approximate surface area is 225 Å². The zero-order valence-electron chi connectivity index (χ0n) is 20.5. The molecule has 0 fully saturated rings. The molecule has 0 bridgehead atoms. The number of nitrogens with two attached hydrogens (primary N) is 2. The summed E-state index contributed by atoms with van der Waals surface area (Å²) in [5.74, 6) is -1.04. The molecule has 0 unspecified atom stereocenters. The number of hydrogen-bond donors (Lipinski definition) is 4. The number of H-pyrrole nitrogens is 2. The number of anilines is 2. The topological polar surface area (TPSA) is 161 Å². The molecule has 0 radical (unpaired) electrons. The Hall–Kier alpha value is -4.29. The summed E-state index contributed by atoms with van der Waals surface area (Å²) in [7, 11) is 0. The van der Waals surface area contributed by atoms with Crippen LogP contribution < -0.4 is 22.6 Å². The van der Waals surface area contributed by atoms with Crippen LogP contribution in [-0.2, 0) is 0 Å². The van der Waals surface area contributed by atoms with Crippen LogP contribution in [0.15, 0.2) is 86.8 Å². The Morgan fingerprint density at radius 2 is 1.29 bits per heavy atom. The fraction of sp³-hybridized carbons (Fsp3) is 0.115. The maximum absolute atomic E-state index is 13.5. The zero-order valence-corrected chi connectivity index (χ0v) is 22.1. The monoisotopic (exact) mass is 544 g/mol. The van der Waals surface area contributed by atoms with Gasteiger partial charge in [0.15, 0.2) is 10.3 Å². The number of para-hydroxylation sites is 1. The molecule has 5 aromatic rings. The van der Waals surface area contributed by atoms with E-state index < -0.39 is 17.0 Å². The molecule has 3 aromatic heterocycles. The van der Waals surface area contributed by atoms with Gasteiger partial charge in [-0.05, 0) is 24.6 Å².